The van der Waals surface area contributed by atoms with Crippen LogP contribution in [0.2, 0.25) is 0 Å². The van der Waals surface area contributed by atoms with Gasteiger partial charge in [0.25, 0.3) is 0 Å². The molecule has 0 unspecified atom stereocenters. The van der Waals surface area contributed by atoms with E-state index in [1.165, 1.54) is 0 Å². The fourth-order valence-corrected chi connectivity index (χ4v) is 3.63. The van der Waals surface area contributed by atoms with Gasteiger partial charge in [-0.2, -0.15) is 0 Å². The Morgan fingerprint density at radius 2 is 1.88 bits per heavy atom. The van der Waals surface area contributed by atoms with Crippen LogP contribution in [0.15, 0.2) is 42.0 Å². The summed E-state index contributed by atoms with van der Waals surface area (Å²) in [5.74, 6) is 0.765. The van der Waals surface area contributed by atoms with Crippen LogP contribution in [0.1, 0.15) is 5.69 Å². The standard InChI is InChI=1S/C18H18N4OS/c1-13-17(24-12-20-13)16-15(14-5-3-2-4-6-14)11-19-18(21-16)22-7-9-23-10-8-22/h2-6,11-12H,7-10H2,1H3. The fraction of sp³-hybridized carbons (Fsp3) is 0.278. The predicted molar refractivity (Wildman–Crippen MR) is 96.3 cm³/mol. The minimum Gasteiger partial charge on any atom is -0.378 e. The van der Waals surface area contributed by atoms with Crippen LogP contribution in [0.3, 0.4) is 0 Å². The lowest BCUT2D eigenvalue weighted by Crippen LogP contribution is -2.37. The molecule has 0 radical (unpaired) electrons. The monoisotopic (exact) mass is 338 g/mol. The van der Waals surface area contributed by atoms with Gasteiger partial charge in [-0.25, -0.2) is 15.0 Å². The van der Waals surface area contributed by atoms with Gasteiger partial charge in [0.15, 0.2) is 0 Å². The average Bonchev–Trinajstić information content (AvgIpc) is 3.08. The van der Waals surface area contributed by atoms with Crippen LogP contribution in [0.25, 0.3) is 21.7 Å². The van der Waals surface area contributed by atoms with Crippen LogP contribution < -0.4 is 4.90 Å². The molecule has 1 aromatic carbocycles. The van der Waals surface area contributed by atoms with E-state index in [2.05, 4.69) is 27.0 Å². The normalized spacial score (nSPS) is 14.8. The number of aryl methyl sites for hydroxylation is 1. The van der Waals surface area contributed by atoms with E-state index in [0.717, 1.165) is 59.6 Å². The number of morpholine rings is 1. The molecule has 1 saturated heterocycles. The molecule has 0 spiro atoms. The van der Waals surface area contributed by atoms with Crippen LogP contribution in [0.5, 0.6) is 0 Å². The molecule has 4 rings (SSSR count). The van der Waals surface area contributed by atoms with E-state index in [1.54, 1.807) is 11.3 Å². The van der Waals surface area contributed by atoms with Crippen molar-refractivity contribution >= 4 is 17.3 Å². The molecular weight excluding hydrogens is 320 g/mol. The van der Waals surface area contributed by atoms with E-state index in [0.29, 0.717) is 0 Å². The second-order valence-corrected chi connectivity index (χ2v) is 6.52. The van der Waals surface area contributed by atoms with E-state index in [4.69, 9.17) is 9.72 Å². The SMILES string of the molecule is Cc1ncsc1-c1nc(N2CCOCC2)ncc1-c1ccccc1. The van der Waals surface area contributed by atoms with E-state index >= 15 is 0 Å². The van der Waals surface area contributed by atoms with Gasteiger partial charge in [0.2, 0.25) is 5.95 Å². The maximum Gasteiger partial charge on any atom is 0.226 e. The van der Waals surface area contributed by atoms with Crippen LogP contribution in [0, 0.1) is 6.92 Å². The summed E-state index contributed by atoms with van der Waals surface area (Å²) in [6.45, 7) is 5.12. The van der Waals surface area contributed by atoms with Crippen LogP contribution in [0.4, 0.5) is 5.95 Å². The van der Waals surface area contributed by atoms with Crippen molar-refractivity contribution in [2.45, 2.75) is 6.92 Å². The Morgan fingerprint density at radius 1 is 1.08 bits per heavy atom. The summed E-state index contributed by atoms with van der Waals surface area (Å²) in [5.41, 5.74) is 5.99. The maximum absolute atomic E-state index is 5.43. The molecule has 0 bridgehead atoms. The number of rotatable bonds is 3. The Morgan fingerprint density at radius 3 is 2.58 bits per heavy atom. The zero-order valence-electron chi connectivity index (χ0n) is 13.5. The Labute approximate surface area is 145 Å². The van der Waals surface area contributed by atoms with Gasteiger partial charge in [0.05, 0.1) is 35.0 Å². The van der Waals surface area contributed by atoms with Crippen molar-refractivity contribution in [3.05, 3.63) is 47.7 Å². The third-order valence-corrected chi connectivity index (χ3v) is 5.05. The van der Waals surface area contributed by atoms with Gasteiger partial charge >= 0.3 is 0 Å². The largest absolute Gasteiger partial charge is 0.378 e. The van der Waals surface area contributed by atoms with Crippen LogP contribution in [-0.4, -0.2) is 41.3 Å². The average molecular weight is 338 g/mol. The third-order valence-electron chi connectivity index (χ3n) is 4.12. The van der Waals surface area contributed by atoms with Gasteiger partial charge in [0.1, 0.15) is 0 Å². The van der Waals surface area contributed by atoms with Crippen LogP contribution >= 0.6 is 11.3 Å². The van der Waals surface area contributed by atoms with E-state index in [9.17, 15) is 0 Å². The summed E-state index contributed by atoms with van der Waals surface area (Å²) in [4.78, 5) is 17.2. The predicted octanol–water partition coefficient (Wildman–Crippen LogP) is 3.41. The zero-order valence-corrected chi connectivity index (χ0v) is 14.3. The smallest absolute Gasteiger partial charge is 0.226 e. The summed E-state index contributed by atoms with van der Waals surface area (Å²) >= 11 is 1.62. The number of hydrogen-bond acceptors (Lipinski definition) is 6. The summed E-state index contributed by atoms with van der Waals surface area (Å²) in [5, 5.41) is 0. The Balaban J connectivity index is 1.83. The molecule has 0 N–H and O–H groups in total. The van der Waals surface area contributed by atoms with Crippen molar-refractivity contribution in [2.75, 3.05) is 31.2 Å². The molecule has 0 aliphatic carbocycles. The number of anilines is 1. The number of benzene rings is 1. The van der Waals surface area contributed by atoms with Gasteiger partial charge in [-0.3, -0.25) is 0 Å². The van der Waals surface area contributed by atoms with Crippen molar-refractivity contribution in [1.29, 1.82) is 0 Å². The van der Waals surface area contributed by atoms with Gasteiger partial charge in [-0.15, -0.1) is 11.3 Å². The lowest BCUT2D eigenvalue weighted by molar-refractivity contribution is 0.122. The molecule has 3 aromatic rings. The fourth-order valence-electron chi connectivity index (χ4n) is 2.82. The van der Waals surface area contributed by atoms with Gasteiger partial charge in [-0.1, -0.05) is 30.3 Å². The molecule has 2 aromatic heterocycles. The summed E-state index contributed by atoms with van der Waals surface area (Å²) in [6.07, 6.45) is 1.93. The molecule has 1 aliphatic rings. The quantitative estimate of drug-likeness (QED) is 0.732. The lowest BCUT2D eigenvalue weighted by Gasteiger charge is -2.27. The van der Waals surface area contributed by atoms with E-state index in [1.807, 2.05) is 36.8 Å². The molecule has 6 heteroatoms. The Kier molecular flexibility index (Phi) is 4.23. The first-order chi connectivity index (χ1) is 11.8. The van der Waals surface area contributed by atoms with Crippen molar-refractivity contribution in [2.24, 2.45) is 0 Å². The lowest BCUT2D eigenvalue weighted by atomic mass is 10.0. The first-order valence-corrected chi connectivity index (χ1v) is 8.86. The minimum atomic E-state index is 0.721. The van der Waals surface area contributed by atoms with E-state index < -0.39 is 0 Å². The molecule has 1 fully saturated rings. The van der Waals surface area contributed by atoms with Crippen LogP contribution in [-0.2, 0) is 4.74 Å². The third kappa shape index (κ3) is 2.90. The first kappa shape index (κ1) is 15.2. The molecule has 0 amide bonds. The highest BCUT2D eigenvalue weighted by molar-refractivity contribution is 7.13. The molecule has 0 saturated carbocycles. The zero-order chi connectivity index (χ0) is 16.4. The topological polar surface area (TPSA) is 51.1 Å². The highest BCUT2D eigenvalue weighted by Gasteiger charge is 2.19. The molecule has 122 valence electrons. The molecular formula is C18H18N4OS. The number of ether oxygens (including phenoxy) is 1. The molecule has 5 nitrogen and oxygen atoms in total. The minimum absolute atomic E-state index is 0.721. The maximum atomic E-state index is 5.43. The summed E-state index contributed by atoms with van der Waals surface area (Å²) in [6, 6.07) is 10.3. The second-order valence-electron chi connectivity index (χ2n) is 5.66. The molecule has 24 heavy (non-hydrogen) atoms. The Bertz CT molecular complexity index is 828. The van der Waals surface area contributed by atoms with Gasteiger partial charge < -0.3 is 9.64 Å². The van der Waals surface area contributed by atoms with Crippen molar-refractivity contribution in [3.8, 4) is 21.7 Å². The van der Waals surface area contributed by atoms with E-state index in [-0.39, 0.29) is 0 Å². The Hall–Kier alpha value is -2.31. The molecule has 0 atom stereocenters. The number of hydrogen-bond donors (Lipinski definition) is 0. The summed E-state index contributed by atoms with van der Waals surface area (Å²) in [7, 11) is 0. The second kappa shape index (κ2) is 6.67. The van der Waals surface area contributed by atoms with Crippen molar-refractivity contribution in [1.82, 2.24) is 15.0 Å². The number of aromatic nitrogens is 3. The highest BCUT2D eigenvalue weighted by Crippen LogP contribution is 2.35. The molecule has 1 aliphatic heterocycles. The molecule has 3 heterocycles. The number of nitrogens with zero attached hydrogens (tertiary/aromatic N) is 4. The van der Waals surface area contributed by atoms with Gasteiger partial charge in [-0.05, 0) is 12.5 Å². The first-order valence-electron chi connectivity index (χ1n) is 7.98. The van der Waals surface area contributed by atoms with Crippen molar-refractivity contribution < 1.29 is 4.74 Å². The van der Waals surface area contributed by atoms with Crippen molar-refractivity contribution in [3.63, 3.8) is 0 Å². The number of thiazole rings is 1. The summed E-state index contributed by atoms with van der Waals surface area (Å²) < 4.78 is 5.43. The van der Waals surface area contributed by atoms with Gasteiger partial charge in [0, 0.05) is 24.8 Å². The highest BCUT2D eigenvalue weighted by atomic mass is 32.1.